The minimum Gasteiger partial charge on any atom is -0.314 e. The van der Waals surface area contributed by atoms with Crippen LogP contribution in [0.3, 0.4) is 0 Å². The van der Waals surface area contributed by atoms with E-state index in [2.05, 4.69) is 25.2 Å². The van der Waals surface area contributed by atoms with Crippen molar-refractivity contribution in [2.45, 2.75) is 52.0 Å². The van der Waals surface area contributed by atoms with Crippen LogP contribution in [0, 0.1) is 17.7 Å². The molecule has 1 aliphatic rings. The van der Waals surface area contributed by atoms with Crippen LogP contribution in [-0.4, -0.2) is 12.6 Å². The zero-order valence-corrected chi connectivity index (χ0v) is 12.2. The highest BCUT2D eigenvalue weighted by atomic mass is 19.1. The van der Waals surface area contributed by atoms with Crippen LogP contribution in [0.15, 0.2) is 24.3 Å². The number of hydrogen-bond donors (Lipinski definition) is 1. The lowest BCUT2D eigenvalue weighted by Crippen LogP contribution is -2.33. The summed E-state index contributed by atoms with van der Waals surface area (Å²) in [4.78, 5) is 0. The Morgan fingerprint density at radius 1 is 1.26 bits per heavy atom. The summed E-state index contributed by atoms with van der Waals surface area (Å²) >= 11 is 0. The standard InChI is InChI=1S/C17H26FN/c1-13(2)19-12-16(15-7-3-4-8-15)10-14-6-5-9-17(18)11-14/h5-6,9,11,13,15-16,19H,3-4,7-8,10,12H2,1-2H3. The molecule has 1 aliphatic carbocycles. The van der Waals surface area contributed by atoms with Crippen LogP contribution in [0.25, 0.3) is 0 Å². The van der Waals surface area contributed by atoms with Gasteiger partial charge >= 0.3 is 0 Å². The lowest BCUT2D eigenvalue weighted by Gasteiger charge is -2.25. The van der Waals surface area contributed by atoms with Crippen molar-refractivity contribution in [1.29, 1.82) is 0 Å². The minimum absolute atomic E-state index is 0.112. The Hall–Kier alpha value is -0.890. The van der Waals surface area contributed by atoms with Crippen molar-refractivity contribution in [3.05, 3.63) is 35.6 Å². The van der Waals surface area contributed by atoms with Gasteiger partial charge in [0.25, 0.3) is 0 Å². The maximum atomic E-state index is 13.3. The second-order valence-corrected chi connectivity index (χ2v) is 6.20. The van der Waals surface area contributed by atoms with Crippen molar-refractivity contribution in [3.63, 3.8) is 0 Å². The third-order valence-corrected chi connectivity index (χ3v) is 4.24. The predicted molar refractivity (Wildman–Crippen MR) is 78.7 cm³/mol. The third-order valence-electron chi connectivity index (χ3n) is 4.24. The van der Waals surface area contributed by atoms with Gasteiger partial charge in [0.1, 0.15) is 5.82 Å². The summed E-state index contributed by atoms with van der Waals surface area (Å²) in [5.74, 6) is 1.35. The molecule has 0 aromatic heterocycles. The van der Waals surface area contributed by atoms with Crippen LogP contribution >= 0.6 is 0 Å². The van der Waals surface area contributed by atoms with E-state index in [1.807, 2.05) is 6.07 Å². The summed E-state index contributed by atoms with van der Waals surface area (Å²) < 4.78 is 13.3. The fraction of sp³-hybridized carbons (Fsp3) is 0.647. The zero-order chi connectivity index (χ0) is 13.7. The first-order valence-electron chi connectivity index (χ1n) is 7.63. The summed E-state index contributed by atoms with van der Waals surface area (Å²) in [6.07, 6.45) is 6.43. The van der Waals surface area contributed by atoms with Gasteiger partial charge in [-0.1, -0.05) is 51.7 Å². The van der Waals surface area contributed by atoms with E-state index >= 15 is 0 Å². The fourth-order valence-electron chi connectivity index (χ4n) is 3.19. The molecule has 0 radical (unpaired) electrons. The molecule has 1 unspecified atom stereocenters. The SMILES string of the molecule is CC(C)NCC(Cc1cccc(F)c1)C1CCCC1. The molecule has 0 heterocycles. The van der Waals surface area contributed by atoms with E-state index in [0.717, 1.165) is 24.4 Å². The summed E-state index contributed by atoms with van der Waals surface area (Å²) in [6.45, 7) is 5.43. The first-order valence-corrected chi connectivity index (χ1v) is 7.63. The monoisotopic (exact) mass is 263 g/mol. The third kappa shape index (κ3) is 4.61. The maximum Gasteiger partial charge on any atom is 0.123 e. The highest BCUT2D eigenvalue weighted by Gasteiger charge is 2.25. The smallest absolute Gasteiger partial charge is 0.123 e. The molecule has 1 atom stereocenters. The number of rotatable bonds is 6. The molecular weight excluding hydrogens is 237 g/mol. The molecule has 1 saturated carbocycles. The molecule has 2 rings (SSSR count). The van der Waals surface area contributed by atoms with Crippen LogP contribution in [0.1, 0.15) is 45.1 Å². The Bertz CT molecular complexity index is 383. The van der Waals surface area contributed by atoms with Gasteiger partial charge in [-0.25, -0.2) is 4.39 Å². The van der Waals surface area contributed by atoms with E-state index in [9.17, 15) is 4.39 Å². The summed E-state index contributed by atoms with van der Waals surface area (Å²) in [5.41, 5.74) is 1.14. The Morgan fingerprint density at radius 3 is 2.63 bits per heavy atom. The molecule has 19 heavy (non-hydrogen) atoms. The number of benzene rings is 1. The molecule has 2 heteroatoms. The molecule has 1 aromatic rings. The topological polar surface area (TPSA) is 12.0 Å². The van der Waals surface area contributed by atoms with E-state index in [0.29, 0.717) is 12.0 Å². The van der Waals surface area contributed by atoms with Crippen LogP contribution in [-0.2, 0) is 6.42 Å². The van der Waals surface area contributed by atoms with Gasteiger partial charge in [0.2, 0.25) is 0 Å². The Morgan fingerprint density at radius 2 is 2.00 bits per heavy atom. The molecule has 1 N–H and O–H groups in total. The van der Waals surface area contributed by atoms with Crippen LogP contribution in [0.4, 0.5) is 4.39 Å². The van der Waals surface area contributed by atoms with Gasteiger partial charge in [-0.2, -0.15) is 0 Å². The average Bonchev–Trinajstić information content (AvgIpc) is 2.88. The number of hydrogen-bond acceptors (Lipinski definition) is 1. The van der Waals surface area contributed by atoms with Gasteiger partial charge in [-0.15, -0.1) is 0 Å². The number of halogens is 1. The van der Waals surface area contributed by atoms with Crippen LogP contribution < -0.4 is 5.32 Å². The van der Waals surface area contributed by atoms with E-state index in [1.165, 1.54) is 31.7 Å². The number of nitrogens with one attached hydrogen (secondary N) is 1. The van der Waals surface area contributed by atoms with E-state index in [-0.39, 0.29) is 5.82 Å². The summed E-state index contributed by atoms with van der Waals surface area (Å²) in [7, 11) is 0. The van der Waals surface area contributed by atoms with E-state index in [4.69, 9.17) is 0 Å². The van der Waals surface area contributed by atoms with Crippen molar-refractivity contribution in [2.24, 2.45) is 11.8 Å². The average molecular weight is 263 g/mol. The molecule has 1 nitrogen and oxygen atoms in total. The van der Waals surface area contributed by atoms with Crippen molar-refractivity contribution >= 4 is 0 Å². The first kappa shape index (κ1) is 14.5. The van der Waals surface area contributed by atoms with Gasteiger partial charge in [0, 0.05) is 6.04 Å². The predicted octanol–water partition coefficient (Wildman–Crippen LogP) is 4.17. The maximum absolute atomic E-state index is 13.3. The molecule has 106 valence electrons. The largest absolute Gasteiger partial charge is 0.314 e. The Kier molecular flexibility index (Phi) is 5.38. The Balaban J connectivity index is 1.99. The van der Waals surface area contributed by atoms with Crippen molar-refractivity contribution in [2.75, 3.05) is 6.54 Å². The van der Waals surface area contributed by atoms with Crippen molar-refractivity contribution in [1.82, 2.24) is 5.32 Å². The molecule has 0 spiro atoms. The highest BCUT2D eigenvalue weighted by molar-refractivity contribution is 5.17. The summed E-state index contributed by atoms with van der Waals surface area (Å²) in [6, 6.07) is 7.63. The minimum atomic E-state index is -0.112. The molecule has 0 bridgehead atoms. The fourth-order valence-corrected chi connectivity index (χ4v) is 3.19. The van der Waals surface area contributed by atoms with Gasteiger partial charge < -0.3 is 5.32 Å². The van der Waals surface area contributed by atoms with Crippen molar-refractivity contribution in [3.8, 4) is 0 Å². The lowest BCUT2D eigenvalue weighted by molar-refractivity contribution is 0.312. The molecular formula is C17H26FN. The van der Waals surface area contributed by atoms with Crippen LogP contribution in [0.5, 0.6) is 0 Å². The zero-order valence-electron chi connectivity index (χ0n) is 12.2. The Labute approximate surface area is 116 Å². The normalized spacial score (nSPS) is 18.1. The molecule has 0 saturated heterocycles. The molecule has 1 aromatic carbocycles. The van der Waals surface area contributed by atoms with E-state index in [1.54, 1.807) is 6.07 Å². The van der Waals surface area contributed by atoms with E-state index < -0.39 is 0 Å². The molecule has 1 fully saturated rings. The summed E-state index contributed by atoms with van der Waals surface area (Å²) in [5, 5.41) is 3.56. The van der Waals surface area contributed by atoms with Crippen LogP contribution in [0.2, 0.25) is 0 Å². The van der Waals surface area contributed by atoms with Gasteiger partial charge in [-0.3, -0.25) is 0 Å². The lowest BCUT2D eigenvalue weighted by atomic mass is 9.85. The van der Waals surface area contributed by atoms with Gasteiger partial charge in [0.15, 0.2) is 0 Å². The highest BCUT2D eigenvalue weighted by Crippen LogP contribution is 2.33. The second kappa shape index (κ2) is 7.04. The molecule has 0 aliphatic heterocycles. The van der Waals surface area contributed by atoms with Gasteiger partial charge in [-0.05, 0) is 42.5 Å². The second-order valence-electron chi connectivity index (χ2n) is 6.20. The van der Waals surface area contributed by atoms with Gasteiger partial charge in [0.05, 0.1) is 0 Å². The first-order chi connectivity index (χ1) is 9.15. The molecule has 0 amide bonds. The quantitative estimate of drug-likeness (QED) is 0.812. The van der Waals surface area contributed by atoms with Crippen molar-refractivity contribution < 1.29 is 4.39 Å².